The lowest BCUT2D eigenvalue weighted by molar-refractivity contribution is -0.144. The molecule has 0 aromatic rings. The van der Waals surface area contributed by atoms with Crippen LogP contribution in [0.5, 0.6) is 0 Å². The molecule has 0 radical (unpaired) electrons. The highest BCUT2D eigenvalue weighted by molar-refractivity contribution is 7.99. The van der Waals surface area contributed by atoms with Crippen LogP contribution >= 0.6 is 11.8 Å². The molecule has 0 rings (SSSR count). The molecule has 90 valence electrons. The summed E-state index contributed by atoms with van der Waals surface area (Å²) in [6, 6.07) is 0. The number of thioether (sulfide) groups is 1. The first-order chi connectivity index (χ1) is 6.85. The molecule has 0 heterocycles. The van der Waals surface area contributed by atoms with E-state index in [2.05, 4.69) is 26.1 Å². The Bertz CT molecular complexity index is 190. The second-order valence-corrected chi connectivity index (χ2v) is 5.71. The highest BCUT2D eigenvalue weighted by Crippen LogP contribution is 2.08. The van der Waals surface area contributed by atoms with Gasteiger partial charge < -0.3 is 10.1 Å². The van der Waals surface area contributed by atoms with Crippen molar-refractivity contribution < 1.29 is 9.53 Å². The van der Waals surface area contributed by atoms with E-state index >= 15 is 0 Å². The molecule has 4 heteroatoms. The standard InChI is InChI=1S/C11H23NO2S/c1-9(15-5)14-10(13)7-6-8-12-11(2,3)4/h9,12H,6-8H2,1-5H3. The van der Waals surface area contributed by atoms with Crippen LogP contribution in [-0.2, 0) is 9.53 Å². The van der Waals surface area contributed by atoms with E-state index in [1.165, 1.54) is 11.8 Å². The molecule has 0 fully saturated rings. The van der Waals surface area contributed by atoms with Crippen LogP contribution < -0.4 is 5.32 Å². The SMILES string of the molecule is CSC(C)OC(=O)CCCNC(C)(C)C. The van der Waals surface area contributed by atoms with Gasteiger partial charge in [0.2, 0.25) is 0 Å². The van der Waals surface area contributed by atoms with Crippen molar-refractivity contribution >= 4 is 17.7 Å². The fraction of sp³-hybridized carbons (Fsp3) is 0.909. The van der Waals surface area contributed by atoms with E-state index in [1.807, 2.05) is 13.2 Å². The number of hydrogen-bond donors (Lipinski definition) is 1. The number of ether oxygens (including phenoxy) is 1. The summed E-state index contributed by atoms with van der Waals surface area (Å²) in [4.78, 5) is 11.3. The van der Waals surface area contributed by atoms with Gasteiger partial charge in [-0.2, -0.15) is 0 Å². The van der Waals surface area contributed by atoms with Crippen LogP contribution in [0.2, 0.25) is 0 Å². The Morgan fingerprint density at radius 1 is 1.47 bits per heavy atom. The summed E-state index contributed by atoms with van der Waals surface area (Å²) >= 11 is 1.54. The monoisotopic (exact) mass is 233 g/mol. The van der Waals surface area contributed by atoms with E-state index in [1.54, 1.807) is 0 Å². The first-order valence-corrected chi connectivity index (χ1v) is 6.61. The molecular weight excluding hydrogens is 210 g/mol. The van der Waals surface area contributed by atoms with Crippen molar-refractivity contribution in [2.24, 2.45) is 0 Å². The summed E-state index contributed by atoms with van der Waals surface area (Å²) in [7, 11) is 0. The van der Waals surface area contributed by atoms with Gasteiger partial charge in [0.15, 0.2) is 0 Å². The van der Waals surface area contributed by atoms with Gasteiger partial charge in [-0.1, -0.05) is 0 Å². The Labute approximate surface area is 97.3 Å². The highest BCUT2D eigenvalue weighted by Gasteiger charge is 2.10. The summed E-state index contributed by atoms with van der Waals surface area (Å²) < 4.78 is 5.13. The largest absolute Gasteiger partial charge is 0.452 e. The maximum absolute atomic E-state index is 11.3. The molecule has 1 atom stereocenters. The smallest absolute Gasteiger partial charge is 0.306 e. The molecule has 0 aliphatic rings. The summed E-state index contributed by atoms with van der Waals surface area (Å²) in [6.07, 6.45) is 3.25. The van der Waals surface area contributed by atoms with Crippen LogP contribution in [0.15, 0.2) is 0 Å². The quantitative estimate of drug-likeness (QED) is 0.434. The number of rotatable bonds is 6. The van der Waals surface area contributed by atoms with Crippen molar-refractivity contribution in [3.05, 3.63) is 0 Å². The lowest BCUT2D eigenvalue weighted by atomic mass is 10.1. The lowest BCUT2D eigenvalue weighted by Crippen LogP contribution is -2.36. The zero-order chi connectivity index (χ0) is 11.9. The fourth-order valence-electron chi connectivity index (χ4n) is 0.988. The van der Waals surface area contributed by atoms with Crippen LogP contribution in [0, 0.1) is 0 Å². The number of nitrogens with one attached hydrogen (secondary N) is 1. The Kier molecular flexibility index (Phi) is 7.02. The number of carbonyl (C=O) groups is 1. The summed E-state index contributed by atoms with van der Waals surface area (Å²) in [5.41, 5.74) is 0.0873. The average molecular weight is 233 g/mol. The predicted molar refractivity (Wildman–Crippen MR) is 66.1 cm³/mol. The minimum absolute atomic E-state index is 0.0342. The van der Waals surface area contributed by atoms with Crippen LogP contribution in [-0.4, -0.2) is 29.7 Å². The van der Waals surface area contributed by atoms with E-state index < -0.39 is 0 Å². The Morgan fingerprint density at radius 3 is 2.53 bits per heavy atom. The molecular formula is C11H23NO2S. The molecule has 0 amide bonds. The zero-order valence-electron chi connectivity index (χ0n) is 10.4. The van der Waals surface area contributed by atoms with E-state index in [4.69, 9.17) is 4.74 Å². The van der Waals surface area contributed by atoms with Gasteiger partial charge in [0.25, 0.3) is 0 Å². The molecule has 0 saturated heterocycles. The van der Waals surface area contributed by atoms with E-state index in [0.29, 0.717) is 6.42 Å². The van der Waals surface area contributed by atoms with Crippen molar-refractivity contribution in [1.82, 2.24) is 5.32 Å². The molecule has 0 aliphatic heterocycles. The first kappa shape index (κ1) is 14.8. The van der Waals surface area contributed by atoms with Gasteiger partial charge in [-0.15, -0.1) is 11.8 Å². The number of hydrogen-bond acceptors (Lipinski definition) is 4. The van der Waals surface area contributed by atoms with E-state index in [9.17, 15) is 4.79 Å². The van der Waals surface area contributed by atoms with Crippen molar-refractivity contribution in [2.75, 3.05) is 12.8 Å². The van der Waals surface area contributed by atoms with Crippen molar-refractivity contribution in [2.45, 2.75) is 51.5 Å². The summed E-state index contributed by atoms with van der Waals surface area (Å²) in [5.74, 6) is -0.104. The van der Waals surface area contributed by atoms with Crippen molar-refractivity contribution in [3.8, 4) is 0 Å². The third-order valence-electron chi connectivity index (χ3n) is 1.84. The van der Waals surface area contributed by atoms with Gasteiger partial charge in [0, 0.05) is 12.0 Å². The van der Waals surface area contributed by atoms with Gasteiger partial charge >= 0.3 is 5.97 Å². The van der Waals surface area contributed by atoms with Crippen LogP contribution in [0.3, 0.4) is 0 Å². The van der Waals surface area contributed by atoms with Crippen LogP contribution in [0.4, 0.5) is 0 Å². The van der Waals surface area contributed by atoms with Crippen molar-refractivity contribution in [1.29, 1.82) is 0 Å². The molecule has 1 unspecified atom stereocenters. The van der Waals surface area contributed by atoms with Crippen LogP contribution in [0.25, 0.3) is 0 Å². The normalized spacial score (nSPS) is 13.7. The van der Waals surface area contributed by atoms with Gasteiger partial charge in [0.1, 0.15) is 5.44 Å². The summed E-state index contributed by atoms with van der Waals surface area (Å²) in [6.45, 7) is 9.07. The minimum atomic E-state index is -0.104. The maximum Gasteiger partial charge on any atom is 0.306 e. The number of carbonyl (C=O) groups excluding carboxylic acids is 1. The van der Waals surface area contributed by atoms with Crippen LogP contribution in [0.1, 0.15) is 40.5 Å². The molecule has 0 saturated carbocycles. The van der Waals surface area contributed by atoms with Gasteiger partial charge in [-0.25, -0.2) is 0 Å². The third kappa shape index (κ3) is 10.1. The summed E-state index contributed by atoms with van der Waals surface area (Å²) in [5, 5.41) is 3.33. The Morgan fingerprint density at radius 2 is 2.07 bits per heavy atom. The average Bonchev–Trinajstić information content (AvgIpc) is 2.11. The molecule has 0 aliphatic carbocycles. The molecule has 15 heavy (non-hydrogen) atoms. The van der Waals surface area contributed by atoms with Crippen molar-refractivity contribution in [3.63, 3.8) is 0 Å². The van der Waals surface area contributed by atoms with E-state index in [-0.39, 0.29) is 16.9 Å². The Balaban J connectivity index is 3.48. The van der Waals surface area contributed by atoms with Gasteiger partial charge in [-0.3, -0.25) is 4.79 Å². The second kappa shape index (κ2) is 7.12. The Hall–Kier alpha value is -0.220. The minimum Gasteiger partial charge on any atom is -0.452 e. The third-order valence-corrected chi connectivity index (χ3v) is 2.60. The lowest BCUT2D eigenvalue weighted by Gasteiger charge is -2.20. The molecule has 0 aromatic heterocycles. The van der Waals surface area contributed by atoms with Gasteiger partial charge in [0.05, 0.1) is 0 Å². The first-order valence-electron chi connectivity index (χ1n) is 5.32. The zero-order valence-corrected chi connectivity index (χ0v) is 11.2. The second-order valence-electron chi connectivity index (χ2n) is 4.57. The van der Waals surface area contributed by atoms with E-state index in [0.717, 1.165) is 13.0 Å². The molecule has 3 nitrogen and oxygen atoms in total. The highest BCUT2D eigenvalue weighted by atomic mass is 32.2. The topological polar surface area (TPSA) is 38.3 Å². The number of esters is 1. The molecule has 0 bridgehead atoms. The molecule has 0 spiro atoms. The maximum atomic E-state index is 11.3. The predicted octanol–water partition coefficient (Wildman–Crippen LogP) is 2.41. The fourth-order valence-corrected chi connectivity index (χ4v) is 1.19. The molecule has 1 N–H and O–H groups in total. The van der Waals surface area contributed by atoms with Gasteiger partial charge in [-0.05, 0) is 46.9 Å². The molecule has 0 aromatic carbocycles.